The number of carbonyl (C=O) groups is 2. The fourth-order valence-electron chi connectivity index (χ4n) is 4.06. The van der Waals surface area contributed by atoms with E-state index in [4.69, 9.17) is 11.6 Å². The minimum Gasteiger partial charge on any atom is -0.506 e. The van der Waals surface area contributed by atoms with E-state index in [1.165, 1.54) is 0 Å². The van der Waals surface area contributed by atoms with Gasteiger partial charge in [-0.3, -0.25) is 9.59 Å². The second-order valence-electron chi connectivity index (χ2n) is 7.63. The monoisotopic (exact) mass is 422 g/mol. The lowest BCUT2D eigenvalue weighted by atomic mass is 10.0. The van der Waals surface area contributed by atoms with Gasteiger partial charge in [0.05, 0.1) is 5.56 Å². The summed E-state index contributed by atoms with van der Waals surface area (Å²) in [7, 11) is 1.72. The number of aromatic hydroxyl groups is 1. The van der Waals surface area contributed by atoms with E-state index in [0.717, 1.165) is 17.4 Å². The van der Waals surface area contributed by atoms with E-state index < -0.39 is 6.04 Å². The van der Waals surface area contributed by atoms with Crippen molar-refractivity contribution in [3.8, 4) is 5.75 Å². The summed E-state index contributed by atoms with van der Waals surface area (Å²) in [6.45, 7) is 0.861. The molecule has 3 aromatic rings. The first-order valence-corrected chi connectivity index (χ1v) is 10.3. The largest absolute Gasteiger partial charge is 0.506 e. The molecule has 1 unspecified atom stereocenters. The highest BCUT2D eigenvalue weighted by molar-refractivity contribution is 6.31. The second kappa shape index (κ2) is 8.36. The maximum Gasteiger partial charge on any atom is 0.258 e. The Balaban J connectivity index is 1.56. The van der Waals surface area contributed by atoms with Crippen molar-refractivity contribution in [3.63, 3.8) is 0 Å². The first-order valence-electron chi connectivity index (χ1n) is 9.97. The Morgan fingerprint density at radius 2 is 1.83 bits per heavy atom. The summed E-state index contributed by atoms with van der Waals surface area (Å²) in [5, 5.41) is 12.8. The Hall–Kier alpha value is -3.05. The third-order valence-electron chi connectivity index (χ3n) is 5.67. The van der Waals surface area contributed by atoms with Crippen LogP contribution >= 0.6 is 11.6 Å². The zero-order chi connectivity index (χ0) is 21.3. The summed E-state index contributed by atoms with van der Waals surface area (Å²) in [4.78, 5) is 29.6. The van der Waals surface area contributed by atoms with Gasteiger partial charge in [0, 0.05) is 30.5 Å². The predicted octanol–water partition coefficient (Wildman–Crippen LogP) is 4.46. The Morgan fingerprint density at radius 1 is 1.10 bits per heavy atom. The summed E-state index contributed by atoms with van der Waals surface area (Å²) in [6, 6.07) is 17.7. The van der Waals surface area contributed by atoms with Crippen LogP contribution in [-0.2, 0) is 11.3 Å². The van der Waals surface area contributed by atoms with E-state index in [2.05, 4.69) is 0 Å². The standard InChI is InChI=1S/C24H23ClN2O3/c1-26(15-17-8-3-5-10-20(17)25)24(30)21-11-6-14-27(21)23(29)19-13-12-16-7-2-4-9-18(16)22(19)28/h2-5,7-10,12-13,21,28H,6,11,14-15H2,1H3. The van der Waals surface area contributed by atoms with Gasteiger partial charge in [-0.2, -0.15) is 0 Å². The number of likely N-dealkylation sites (tertiary alicyclic amines) is 1. The van der Waals surface area contributed by atoms with Crippen LogP contribution < -0.4 is 0 Å². The molecule has 0 aromatic heterocycles. The number of rotatable bonds is 4. The van der Waals surface area contributed by atoms with Crippen LogP contribution in [0.4, 0.5) is 0 Å². The fraction of sp³-hybridized carbons (Fsp3) is 0.250. The molecular weight excluding hydrogens is 400 g/mol. The third-order valence-corrected chi connectivity index (χ3v) is 6.04. The van der Waals surface area contributed by atoms with Crippen LogP contribution in [0.3, 0.4) is 0 Å². The van der Waals surface area contributed by atoms with Gasteiger partial charge in [0.15, 0.2) is 0 Å². The maximum absolute atomic E-state index is 13.2. The van der Waals surface area contributed by atoms with Gasteiger partial charge in [0.25, 0.3) is 5.91 Å². The summed E-state index contributed by atoms with van der Waals surface area (Å²) in [5.74, 6) is -0.484. The molecule has 3 aromatic carbocycles. The molecule has 1 atom stereocenters. The number of phenols is 1. The Labute approximate surface area is 180 Å². The summed E-state index contributed by atoms with van der Waals surface area (Å²) in [5.41, 5.74) is 1.08. The Bertz CT molecular complexity index is 1110. The van der Waals surface area contributed by atoms with E-state index in [9.17, 15) is 14.7 Å². The lowest BCUT2D eigenvalue weighted by Crippen LogP contribution is -2.46. The topological polar surface area (TPSA) is 60.9 Å². The van der Waals surface area contributed by atoms with Crippen molar-refractivity contribution in [3.05, 3.63) is 76.8 Å². The van der Waals surface area contributed by atoms with E-state index in [1.54, 1.807) is 35.0 Å². The van der Waals surface area contributed by atoms with Crippen molar-refractivity contribution in [1.29, 1.82) is 0 Å². The molecule has 0 aliphatic carbocycles. The Morgan fingerprint density at radius 3 is 2.63 bits per heavy atom. The molecule has 1 aliphatic heterocycles. The van der Waals surface area contributed by atoms with E-state index >= 15 is 0 Å². The van der Waals surface area contributed by atoms with E-state index in [-0.39, 0.29) is 23.1 Å². The minimum absolute atomic E-state index is 0.0411. The highest BCUT2D eigenvalue weighted by Gasteiger charge is 2.37. The number of hydrogen-bond donors (Lipinski definition) is 1. The molecule has 0 saturated carbocycles. The van der Waals surface area contributed by atoms with Gasteiger partial charge in [0.1, 0.15) is 11.8 Å². The minimum atomic E-state index is -0.546. The molecule has 1 aliphatic rings. The maximum atomic E-state index is 13.2. The van der Waals surface area contributed by atoms with Gasteiger partial charge in [-0.05, 0) is 35.9 Å². The van der Waals surface area contributed by atoms with Crippen LogP contribution in [-0.4, -0.2) is 46.4 Å². The quantitative estimate of drug-likeness (QED) is 0.675. The average Bonchev–Trinajstić information content (AvgIpc) is 3.24. The molecule has 0 radical (unpaired) electrons. The lowest BCUT2D eigenvalue weighted by molar-refractivity contribution is -0.134. The number of likely N-dealkylation sites (N-methyl/N-ethyl adjacent to an activating group) is 1. The van der Waals surface area contributed by atoms with Crippen LogP contribution in [0.25, 0.3) is 10.8 Å². The van der Waals surface area contributed by atoms with Gasteiger partial charge in [-0.25, -0.2) is 0 Å². The number of carbonyl (C=O) groups excluding carboxylic acids is 2. The molecule has 5 nitrogen and oxygen atoms in total. The van der Waals surface area contributed by atoms with Gasteiger partial charge in [0.2, 0.25) is 5.91 Å². The SMILES string of the molecule is CN(Cc1ccccc1Cl)C(=O)C1CCCN1C(=O)c1ccc2ccccc2c1O. The molecule has 0 spiro atoms. The first-order chi connectivity index (χ1) is 14.5. The smallest absolute Gasteiger partial charge is 0.258 e. The Kier molecular flexibility index (Phi) is 5.64. The number of hydrogen-bond acceptors (Lipinski definition) is 3. The van der Waals surface area contributed by atoms with E-state index in [0.29, 0.717) is 29.9 Å². The molecule has 30 heavy (non-hydrogen) atoms. The van der Waals surface area contributed by atoms with Crippen LogP contribution in [0.1, 0.15) is 28.8 Å². The number of benzene rings is 3. The lowest BCUT2D eigenvalue weighted by Gasteiger charge is -2.28. The highest BCUT2D eigenvalue weighted by atomic mass is 35.5. The number of fused-ring (bicyclic) bond motifs is 1. The first kappa shape index (κ1) is 20.2. The average molecular weight is 423 g/mol. The molecule has 1 fully saturated rings. The van der Waals surface area contributed by atoms with Crippen molar-refractivity contribution < 1.29 is 14.7 Å². The van der Waals surface area contributed by atoms with Crippen LogP contribution in [0.15, 0.2) is 60.7 Å². The molecule has 154 valence electrons. The predicted molar refractivity (Wildman–Crippen MR) is 118 cm³/mol. The van der Waals surface area contributed by atoms with Crippen molar-refractivity contribution >= 4 is 34.2 Å². The zero-order valence-electron chi connectivity index (χ0n) is 16.7. The number of phenolic OH excluding ortho intramolecular Hbond substituents is 1. The molecule has 1 heterocycles. The van der Waals surface area contributed by atoms with Gasteiger partial charge in [-0.15, -0.1) is 0 Å². The zero-order valence-corrected chi connectivity index (χ0v) is 17.5. The van der Waals surface area contributed by atoms with Crippen LogP contribution in [0.5, 0.6) is 5.75 Å². The molecule has 2 amide bonds. The van der Waals surface area contributed by atoms with Crippen molar-refractivity contribution in [2.45, 2.75) is 25.4 Å². The molecule has 1 saturated heterocycles. The second-order valence-corrected chi connectivity index (χ2v) is 8.03. The van der Waals surface area contributed by atoms with Crippen molar-refractivity contribution in [2.75, 3.05) is 13.6 Å². The fourth-order valence-corrected chi connectivity index (χ4v) is 4.26. The van der Waals surface area contributed by atoms with E-state index in [1.807, 2.05) is 42.5 Å². The molecule has 1 N–H and O–H groups in total. The van der Waals surface area contributed by atoms with Crippen molar-refractivity contribution in [2.24, 2.45) is 0 Å². The molecule has 6 heteroatoms. The molecule has 0 bridgehead atoms. The van der Waals surface area contributed by atoms with Gasteiger partial charge < -0.3 is 14.9 Å². The van der Waals surface area contributed by atoms with Gasteiger partial charge in [-0.1, -0.05) is 60.1 Å². The normalized spacial score (nSPS) is 16.1. The van der Waals surface area contributed by atoms with Gasteiger partial charge >= 0.3 is 0 Å². The molecule has 4 rings (SSSR count). The van der Waals surface area contributed by atoms with Crippen LogP contribution in [0.2, 0.25) is 5.02 Å². The summed E-state index contributed by atoms with van der Waals surface area (Å²) < 4.78 is 0. The van der Waals surface area contributed by atoms with Crippen LogP contribution in [0, 0.1) is 0 Å². The highest BCUT2D eigenvalue weighted by Crippen LogP contribution is 2.31. The summed E-state index contributed by atoms with van der Waals surface area (Å²) >= 11 is 6.23. The number of nitrogens with zero attached hydrogens (tertiary/aromatic N) is 2. The number of amides is 2. The summed E-state index contributed by atoms with van der Waals surface area (Å²) in [6.07, 6.45) is 1.35. The number of halogens is 1. The van der Waals surface area contributed by atoms with Crippen molar-refractivity contribution in [1.82, 2.24) is 9.80 Å². The molecular formula is C24H23ClN2O3. The third kappa shape index (κ3) is 3.73.